The molecule has 6 heteroatoms. The van der Waals surface area contributed by atoms with E-state index in [0.29, 0.717) is 6.23 Å². The maximum Gasteiger partial charge on any atom is 0.272 e. The third kappa shape index (κ3) is 3.61. The van der Waals surface area contributed by atoms with Crippen LogP contribution in [0.25, 0.3) is 0 Å². The zero-order valence-corrected chi connectivity index (χ0v) is 10.5. The van der Waals surface area contributed by atoms with E-state index < -0.39 is 18.8 Å². The minimum Gasteiger partial charge on any atom is -0.494 e. The van der Waals surface area contributed by atoms with Crippen LogP contribution in [-0.2, 0) is 0 Å². The fraction of sp³-hybridized carbons (Fsp3) is 0.400. The minimum atomic E-state index is -1.42. The maximum atomic E-state index is 13.4. The molecule has 1 aromatic carbocycles. The molecule has 0 saturated heterocycles. The normalized spacial score (nSPS) is 11.2. The predicted octanol–water partition coefficient (Wildman–Crippen LogP) is 2.99. The lowest BCUT2D eigenvalue weighted by Gasteiger charge is -2.16. The number of non-ortho nitro benzene ring substituents is 1. The van der Waals surface area contributed by atoms with Crippen molar-refractivity contribution in [2.24, 2.45) is 0 Å². The summed E-state index contributed by atoms with van der Waals surface area (Å²) in [7, 11) is -1.42. The molecule has 0 bridgehead atoms. The molecule has 0 unspecified atom stereocenters. The van der Waals surface area contributed by atoms with Crippen molar-refractivity contribution < 1.29 is 14.1 Å². The molecule has 1 rings (SSSR count). The molecule has 0 N–H and O–H groups in total. The summed E-state index contributed by atoms with van der Waals surface area (Å²) in [6.45, 7) is 6.28. The molecular formula is C10H14FNO3Si. The number of nitro benzene ring substituents is 1. The Balaban J connectivity index is 2.80. The molecule has 0 aromatic heterocycles. The summed E-state index contributed by atoms with van der Waals surface area (Å²) in [5, 5.41) is 10.4. The third-order valence-electron chi connectivity index (χ3n) is 1.79. The summed E-state index contributed by atoms with van der Waals surface area (Å²) >= 11 is 0. The third-order valence-corrected chi connectivity index (χ3v) is 2.80. The molecular weight excluding hydrogens is 229 g/mol. The van der Waals surface area contributed by atoms with Crippen molar-refractivity contribution in [3.8, 4) is 5.75 Å². The summed E-state index contributed by atoms with van der Waals surface area (Å²) in [6.07, 6.45) is 0.488. The maximum absolute atomic E-state index is 13.4. The van der Waals surface area contributed by atoms with E-state index in [1.165, 1.54) is 12.1 Å². The van der Waals surface area contributed by atoms with Gasteiger partial charge in [0.25, 0.3) is 5.69 Å². The van der Waals surface area contributed by atoms with E-state index in [4.69, 9.17) is 4.74 Å². The van der Waals surface area contributed by atoms with Crippen LogP contribution in [0.2, 0.25) is 19.6 Å². The first-order valence-corrected chi connectivity index (χ1v) is 8.57. The van der Waals surface area contributed by atoms with Crippen LogP contribution in [0, 0.1) is 15.9 Å². The summed E-state index contributed by atoms with van der Waals surface area (Å²) in [5.74, 6) is -0.611. The molecule has 0 aliphatic heterocycles. The standard InChI is InChI=1S/C10H14FNO3Si/c1-16(2,3)7-15-10-5-4-8(12(13)14)6-9(10)11/h4-6H,7H2,1-3H3. The van der Waals surface area contributed by atoms with Crippen LogP contribution in [0.3, 0.4) is 0 Å². The van der Waals surface area contributed by atoms with E-state index >= 15 is 0 Å². The lowest BCUT2D eigenvalue weighted by atomic mass is 10.3. The number of rotatable bonds is 4. The van der Waals surface area contributed by atoms with Gasteiger partial charge < -0.3 is 4.74 Å². The molecule has 0 amide bonds. The molecule has 0 fully saturated rings. The first-order chi connectivity index (χ1) is 7.29. The molecule has 0 spiro atoms. The Kier molecular flexibility index (Phi) is 3.64. The van der Waals surface area contributed by atoms with Crippen molar-refractivity contribution in [1.82, 2.24) is 0 Å². The van der Waals surface area contributed by atoms with Crippen LogP contribution in [-0.4, -0.2) is 19.2 Å². The highest BCUT2D eigenvalue weighted by atomic mass is 28.3. The number of benzene rings is 1. The van der Waals surface area contributed by atoms with Gasteiger partial charge in [-0.1, -0.05) is 19.6 Å². The molecule has 0 aliphatic carbocycles. The van der Waals surface area contributed by atoms with Gasteiger partial charge in [0.1, 0.15) is 0 Å². The number of halogens is 1. The van der Waals surface area contributed by atoms with E-state index in [0.717, 1.165) is 6.07 Å². The van der Waals surface area contributed by atoms with Crippen molar-refractivity contribution in [3.05, 3.63) is 34.1 Å². The van der Waals surface area contributed by atoms with Crippen molar-refractivity contribution in [2.45, 2.75) is 19.6 Å². The van der Waals surface area contributed by atoms with E-state index in [9.17, 15) is 14.5 Å². The molecule has 1 aromatic rings. The van der Waals surface area contributed by atoms with E-state index in [1.807, 2.05) is 0 Å². The zero-order chi connectivity index (χ0) is 12.3. The first kappa shape index (κ1) is 12.6. The Morgan fingerprint density at radius 1 is 1.44 bits per heavy atom. The van der Waals surface area contributed by atoms with E-state index in [1.54, 1.807) is 0 Å². The number of ether oxygens (including phenoxy) is 1. The van der Waals surface area contributed by atoms with Crippen molar-refractivity contribution >= 4 is 13.8 Å². The number of nitro groups is 1. The summed E-state index contributed by atoms with van der Waals surface area (Å²) in [6, 6.07) is 3.41. The highest BCUT2D eigenvalue weighted by Crippen LogP contribution is 2.23. The number of hydrogen-bond acceptors (Lipinski definition) is 3. The van der Waals surface area contributed by atoms with Gasteiger partial charge in [0.2, 0.25) is 0 Å². The van der Waals surface area contributed by atoms with Crippen LogP contribution in [0.15, 0.2) is 18.2 Å². The lowest BCUT2D eigenvalue weighted by Crippen LogP contribution is -2.30. The van der Waals surface area contributed by atoms with Gasteiger partial charge in [0.05, 0.1) is 25.3 Å². The fourth-order valence-corrected chi connectivity index (χ4v) is 1.60. The molecule has 0 heterocycles. The average molecular weight is 243 g/mol. The monoisotopic (exact) mass is 243 g/mol. The van der Waals surface area contributed by atoms with Gasteiger partial charge in [-0.05, 0) is 6.07 Å². The summed E-state index contributed by atoms with van der Waals surface area (Å²) < 4.78 is 18.7. The topological polar surface area (TPSA) is 52.4 Å². The minimum absolute atomic E-state index is 0.0769. The van der Waals surface area contributed by atoms with Crippen molar-refractivity contribution in [2.75, 3.05) is 6.23 Å². The quantitative estimate of drug-likeness (QED) is 0.464. The van der Waals surface area contributed by atoms with Gasteiger partial charge >= 0.3 is 0 Å². The van der Waals surface area contributed by atoms with Gasteiger partial charge in [-0.2, -0.15) is 0 Å². The number of hydrogen-bond donors (Lipinski definition) is 0. The Bertz CT molecular complexity index is 404. The van der Waals surface area contributed by atoms with Crippen LogP contribution >= 0.6 is 0 Å². The molecule has 16 heavy (non-hydrogen) atoms. The largest absolute Gasteiger partial charge is 0.494 e. The summed E-state index contributed by atoms with van der Waals surface area (Å²) in [5.41, 5.74) is -0.266. The van der Waals surface area contributed by atoms with Gasteiger partial charge in [-0.25, -0.2) is 4.39 Å². The first-order valence-electron chi connectivity index (χ1n) is 4.86. The fourth-order valence-electron chi connectivity index (χ4n) is 1.01. The summed E-state index contributed by atoms with van der Waals surface area (Å²) in [4.78, 5) is 9.75. The van der Waals surface area contributed by atoms with E-state index in [2.05, 4.69) is 19.6 Å². The smallest absolute Gasteiger partial charge is 0.272 e. The van der Waals surface area contributed by atoms with Gasteiger partial charge in [-0.15, -0.1) is 0 Å². The second kappa shape index (κ2) is 4.61. The predicted molar refractivity (Wildman–Crippen MR) is 61.9 cm³/mol. The van der Waals surface area contributed by atoms with Crippen molar-refractivity contribution in [3.63, 3.8) is 0 Å². The van der Waals surface area contributed by atoms with Crippen LogP contribution in [0.4, 0.5) is 10.1 Å². The lowest BCUT2D eigenvalue weighted by molar-refractivity contribution is -0.385. The molecule has 0 saturated carbocycles. The molecule has 0 aliphatic rings. The van der Waals surface area contributed by atoms with Crippen molar-refractivity contribution in [1.29, 1.82) is 0 Å². The Morgan fingerprint density at radius 3 is 2.50 bits per heavy atom. The highest BCUT2D eigenvalue weighted by molar-refractivity contribution is 6.76. The average Bonchev–Trinajstić information content (AvgIpc) is 2.14. The van der Waals surface area contributed by atoms with Crippen LogP contribution in [0.1, 0.15) is 0 Å². The van der Waals surface area contributed by atoms with E-state index in [-0.39, 0.29) is 11.4 Å². The van der Waals surface area contributed by atoms with Gasteiger partial charge in [0.15, 0.2) is 11.6 Å². The molecule has 88 valence electrons. The second-order valence-electron chi connectivity index (χ2n) is 4.72. The highest BCUT2D eigenvalue weighted by Gasteiger charge is 2.17. The van der Waals surface area contributed by atoms with Gasteiger partial charge in [0, 0.05) is 6.07 Å². The molecule has 4 nitrogen and oxygen atoms in total. The van der Waals surface area contributed by atoms with Crippen LogP contribution in [0.5, 0.6) is 5.75 Å². The van der Waals surface area contributed by atoms with Gasteiger partial charge in [-0.3, -0.25) is 10.1 Å². The Morgan fingerprint density at radius 2 is 2.06 bits per heavy atom. The number of nitrogens with zero attached hydrogens (tertiary/aromatic N) is 1. The molecule has 0 radical (unpaired) electrons. The SMILES string of the molecule is C[Si](C)(C)COc1ccc([N+](=O)[O-])cc1F. The molecule has 0 atom stereocenters. The second-order valence-corrected chi connectivity index (χ2v) is 10.1. The Labute approximate surface area is 94.2 Å². The Hall–Kier alpha value is -1.43. The van der Waals surface area contributed by atoms with Crippen LogP contribution < -0.4 is 4.74 Å². The zero-order valence-electron chi connectivity index (χ0n) is 9.49.